The lowest BCUT2D eigenvalue weighted by Crippen LogP contribution is -1.85. The second-order valence-electron chi connectivity index (χ2n) is 6.05. The van der Waals surface area contributed by atoms with E-state index in [1.807, 2.05) is 0 Å². The summed E-state index contributed by atoms with van der Waals surface area (Å²) in [7, 11) is 0. The van der Waals surface area contributed by atoms with Gasteiger partial charge in [-0.3, -0.25) is 0 Å². The molecule has 0 amide bonds. The van der Waals surface area contributed by atoms with Crippen LogP contribution in [0.25, 0.3) is 0 Å². The molecule has 0 aliphatic heterocycles. The van der Waals surface area contributed by atoms with Crippen LogP contribution in [0.3, 0.4) is 0 Å². The number of rotatable bonds is 16. The highest BCUT2D eigenvalue weighted by atomic mass is 32.2. The van der Waals surface area contributed by atoms with E-state index < -0.39 is 0 Å². The molecule has 2 heteroatoms. The molecule has 0 spiro atoms. The summed E-state index contributed by atoms with van der Waals surface area (Å²) in [5, 5.41) is 0. The Morgan fingerprint density at radius 3 is 1.00 bits per heavy atom. The molecule has 0 aromatic carbocycles. The third-order valence-electron chi connectivity index (χ3n) is 3.57. The van der Waals surface area contributed by atoms with Crippen LogP contribution in [-0.2, 0) is 0 Å². The molecule has 0 aromatic rings. The molecule has 0 unspecified atom stereocenters. The topological polar surface area (TPSA) is 0 Å². The molecular weight excluding hydrogens is 304 g/mol. The Morgan fingerprint density at radius 2 is 0.682 bits per heavy atom. The van der Waals surface area contributed by atoms with Gasteiger partial charge in [-0.15, -0.1) is 0 Å². The molecule has 0 nitrogen and oxygen atoms in total. The van der Waals surface area contributed by atoms with E-state index in [4.69, 9.17) is 0 Å². The molecule has 0 saturated carbocycles. The van der Waals surface area contributed by atoms with Gasteiger partial charge in [0.05, 0.1) is 0 Å². The number of thioether (sulfide) groups is 2. The fourth-order valence-electron chi connectivity index (χ4n) is 1.96. The van der Waals surface area contributed by atoms with E-state index >= 15 is 0 Å². The third-order valence-corrected chi connectivity index (χ3v) is 5.88. The second-order valence-corrected chi connectivity index (χ2v) is 8.50. The van der Waals surface area contributed by atoms with Gasteiger partial charge in [-0.2, -0.15) is 23.5 Å². The minimum atomic E-state index is 1.35. The van der Waals surface area contributed by atoms with E-state index in [2.05, 4.69) is 51.2 Å². The molecule has 0 heterocycles. The van der Waals surface area contributed by atoms with Gasteiger partial charge >= 0.3 is 0 Å². The smallest absolute Gasteiger partial charge is 0.00675 e. The normalized spacial score (nSPS) is 10.4. The molecule has 136 valence electrons. The third kappa shape index (κ3) is 28.8. The van der Waals surface area contributed by atoms with Gasteiger partial charge in [0, 0.05) is 0 Å². The van der Waals surface area contributed by atoms with Crippen molar-refractivity contribution >= 4 is 23.5 Å². The zero-order chi connectivity index (χ0) is 16.7. The highest BCUT2D eigenvalue weighted by molar-refractivity contribution is 7.99. The Hall–Kier alpha value is 0.700. The molecule has 0 atom stereocenters. The lowest BCUT2D eigenvalue weighted by molar-refractivity contribution is 0.700. The van der Waals surface area contributed by atoms with Crippen molar-refractivity contribution in [3.63, 3.8) is 0 Å². The van der Waals surface area contributed by atoms with Gasteiger partial charge in [-0.1, -0.05) is 79.1 Å². The highest BCUT2D eigenvalue weighted by Crippen LogP contribution is 2.11. The maximum absolute atomic E-state index is 2.28. The Morgan fingerprint density at radius 1 is 0.364 bits per heavy atom. The average Bonchev–Trinajstić information content (AvgIpc) is 2.54. The first-order valence-electron chi connectivity index (χ1n) is 9.98. The maximum atomic E-state index is 2.28. The first-order valence-corrected chi connectivity index (χ1v) is 12.3. The summed E-state index contributed by atoms with van der Waals surface area (Å²) in [5.74, 6) is 5.53. The van der Waals surface area contributed by atoms with Crippen LogP contribution in [-0.4, -0.2) is 23.0 Å². The maximum Gasteiger partial charge on any atom is -0.00675 e. The molecule has 0 aromatic heterocycles. The van der Waals surface area contributed by atoms with Gasteiger partial charge in [0.2, 0.25) is 0 Å². The molecule has 0 aliphatic carbocycles. The molecule has 0 fully saturated rings. The molecule has 0 N–H and O–H groups in total. The summed E-state index contributed by atoms with van der Waals surface area (Å²) in [5.41, 5.74) is 0. The molecule has 0 saturated heterocycles. The van der Waals surface area contributed by atoms with E-state index in [9.17, 15) is 0 Å². The Labute approximate surface area is 151 Å². The van der Waals surface area contributed by atoms with Crippen molar-refractivity contribution in [3.8, 4) is 0 Å². The minimum Gasteiger partial charge on any atom is -0.162 e. The predicted molar refractivity (Wildman–Crippen MR) is 113 cm³/mol. The van der Waals surface area contributed by atoms with Crippen molar-refractivity contribution in [1.82, 2.24) is 0 Å². The van der Waals surface area contributed by atoms with E-state index in [0.717, 1.165) is 0 Å². The Kier molecular flexibility index (Phi) is 30.2. The van der Waals surface area contributed by atoms with Crippen molar-refractivity contribution in [1.29, 1.82) is 0 Å². The van der Waals surface area contributed by atoms with Crippen LogP contribution in [0.5, 0.6) is 0 Å². The van der Waals surface area contributed by atoms with Crippen LogP contribution in [0.2, 0.25) is 0 Å². The van der Waals surface area contributed by atoms with E-state index in [1.165, 1.54) is 100 Å². The van der Waals surface area contributed by atoms with Crippen LogP contribution in [0, 0.1) is 0 Å². The van der Waals surface area contributed by atoms with Gasteiger partial charge in [0.1, 0.15) is 0 Å². The predicted octanol–water partition coefficient (Wildman–Crippen LogP) is 8.20. The molecular formula is C20H44S2. The average molecular weight is 349 g/mol. The standard InChI is InChI=1S/C12H26S.C8H18S/c1-3-5-7-9-11-13-12-10-8-6-4-2;1-3-5-7-9-8-6-4-2/h3-12H2,1-2H3;3-8H2,1-2H3. The first kappa shape index (κ1) is 24.9. The molecule has 0 bridgehead atoms. The fraction of sp³-hybridized carbons (Fsp3) is 1.00. The summed E-state index contributed by atoms with van der Waals surface area (Å²) in [4.78, 5) is 0. The lowest BCUT2D eigenvalue weighted by Gasteiger charge is -2.00. The van der Waals surface area contributed by atoms with Crippen molar-refractivity contribution < 1.29 is 0 Å². The van der Waals surface area contributed by atoms with Crippen molar-refractivity contribution in [2.24, 2.45) is 0 Å². The minimum absolute atomic E-state index is 1.35. The Balaban J connectivity index is 0. The zero-order valence-corrected chi connectivity index (χ0v) is 17.8. The second kappa shape index (κ2) is 26.6. The van der Waals surface area contributed by atoms with Crippen molar-refractivity contribution in [2.45, 2.75) is 105 Å². The van der Waals surface area contributed by atoms with Gasteiger partial charge < -0.3 is 0 Å². The monoisotopic (exact) mass is 348 g/mol. The van der Waals surface area contributed by atoms with E-state index in [-0.39, 0.29) is 0 Å². The summed E-state index contributed by atoms with van der Waals surface area (Å²) in [6.07, 6.45) is 16.8. The van der Waals surface area contributed by atoms with Gasteiger partial charge in [-0.25, -0.2) is 0 Å². The largest absolute Gasteiger partial charge is 0.162 e. The number of hydrogen-bond acceptors (Lipinski definition) is 2. The summed E-state index contributed by atoms with van der Waals surface area (Å²) in [6, 6.07) is 0. The number of hydrogen-bond donors (Lipinski definition) is 0. The van der Waals surface area contributed by atoms with Crippen LogP contribution in [0.1, 0.15) is 105 Å². The van der Waals surface area contributed by atoms with Crippen molar-refractivity contribution in [2.75, 3.05) is 23.0 Å². The lowest BCUT2D eigenvalue weighted by atomic mass is 10.2. The van der Waals surface area contributed by atoms with Gasteiger partial charge in [-0.05, 0) is 48.7 Å². The van der Waals surface area contributed by atoms with Crippen LogP contribution in [0.4, 0.5) is 0 Å². The summed E-state index contributed by atoms with van der Waals surface area (Å²) < 4.78 is 0. The zero-order valence-electron chi connectivity index (χ0n) is 16.1. The fourth-order valence-corrected chi connectivity index (χ4v) is 4.17. The van der Waals surface area contributed by atoms with Crippen LogP contribution < -0.4 is 0 Å². The van der Waals surface area contributed by atoms with Gasteiger partial charge in [0.25, 0.3) is 0 Å². The molecule has 0 rings (SSSR count). The molecule has 0 radical (unpaired) electrons. The van der Waals surface area contributed by atoms with Crippen LogP contribution >= 0.6 is 23.5 Å². The quantitative estimate of drug-likeness (QED) is 0.258. The molecule has 22 heavy (non-hydrogen) atoms. The summed E-state index contributed by atoms with van der Waals surface area (Å²) >= 11 is 4.26. The highest BCUT2D eigenvalue weighted by Gasteiger charge is 1.91. The van der Waals surface area contributed by atoms with Crippen LogP contribution in [0.15, 0.2) is 0 Å². The van der Waals surface area contributed by atoms with E-state index in [1.54, 1.807) is 0 Å². The SMILES string of the molecule is CCCCCCSCCCCCC.CCCCSCCCC. The molecule has 0 aliphatic rings. The summed E-state index contributed by atoms with van der Waals surface area (Å²) in [6.45, 7) is 9.05. The number of unbranched alkanes of at least 4 members (excludes halogenated alkanes) is 8. The Bertz CT molecular complexity index is 144. The van der Waals surface area contributed by atoms with Gasteiger partial charge in [0.15, 0.2) is 0 Å². The van der Waals surface area contributed by atoms with Crippen molar-refractivity contribution in [3.05, 3.63) is 0 Å². The van der Waals surface area contributed by atoms with E-state index in [0.29, 0.717) is 0 Å². The first-order chi connectivity index (χ1) is 10.8.